The zero-order chi connectivity index (χ0) is 10.7. The number of nitrogens with zero attached hydrogens (tertiary/aromatic N) is 2. The van der Waals surface area contributed by atoms with Gasteiger partial charge in [0.05, 0.1) is 11.9 Å². The Bertz CT molecular complexity index is 455. The summed E-state index contributed by atoms with van der Waals surface area (Å²) in [7, 11) is 0. The minimum atomic E-state index is 0.662. The standard InChI is InChI=1S/C10H10BrN3O/c1-8-6-9(15-13-8)7-14-5-3-2-4-10(14)12-11/h2-6H,7H2,1H3/p+1. The Morgan fingerprint density at radius 3 is 3.07 bits per heavy atom. The van der Waals surface area contributed by atoms with Gasteiger partial charge in [-0.05, 0) is 13.0 Å². The van der Waals surface area contributed by atoms with Crippen molar-refractivity contribution in [1.82, 2.24) is 5.16 Å². The average molecular weight is 269 g/mol. The number of aryl methyl sites for hydroxylation is 1. The van der Waals surface area contributed by atoms with Crippen molar-refractivity contribution in [1.29, 1.82) is 0 Å². The van der Waals surface area contributed by atoms with Crippen LogP contribution in [-0.4, -0.2) is 5.16 Å². The third-order valence-corrected chi connectivity index (χ3v) is 2.45. The monoisotopic (exact) mass is 268 g/mol. The molecule has 2 rings (SSSR count). The summed E-state index contributed by atoms with van der Waals surface area (Å²) in [6.45, 7) is 2.57. The Labute approximate surface area is 96.2 Å². The van der Waals surface area contributed by atoms with E-state index in [1.54, 1.807) is 0 Å². The van der Waals surface area contributed by atoms with Crippen molar-refractivity contribution in [3.63, 3.8) is 0 Å². The number of pyridine rings is 1. The fraction of sp³-hybridized carbons (Fsp3) is 0.200. The number of aromatic nitrogens is 2. The maximum atomic E-state index is 5.15. The molecule has 0 saturated heterocycles. The van der Waals surface area contributed by atoms with Gasteiger partial charge < -0.3 is 4.52 Å². The summed E-state index contributed by atoms with van der Waals surface area (Å²) in [5.74, 6) is 1.80. The summed E-state index contributed by atoms with van der Waals surface area (Å²) in [6.07, 6.45) is 1.97. The lowest BCUT2D eigenvalue weighted by Crippen LogP contribution is -2.35. The molecule has 0 atom stereocenters. The predicted octanol–water partition coefficient (Wildman–Crippen LogP) is 2.04. The van der Waals surface area contributed by atoms with E-state index >= 15 is 0 Å². The van der Waals surface area contributed by atoms with Gasteiger partial charge in [-0.3, -0.25) is 0 Å². The normalized spacial score (nSPS) is 10.3. The smallest absolute Gasteiger partial charge is 0.285 e. The molecule has 0 fully saturated rings. The molecule has 2 aromatic heterocycles. The molecule has 4 nitrogen and oxygen atoms in total. The highest BCUT2D eigenvalue weighted by molar-refractivity contribution is 9.10. The van der Waals surface area contributed by atoms with Crippen LogP contribution in [0.1, 0.15) is 11.5 Å². The van der Waals surface area contributed by atoms with Crippen LogP contribution in [0.15, 0.2) is 35.0 Å². The van der Waals surface area contributed by atoms with Crippen molar-refractivity contribution in [2.24, 2.45) is 0 Å². The lowest BCUT2D eigenvalue weighted by molar-refractivity contribution is -0.675. The molecule has 2 aromatic rings. The van der Waals surface area contributed by atoms with Crippen LogP contribution in [0.2, 0.25) is 0 Å². The van der Waals surface area contributed by atoms with E-state index in [-0.39, 0.29) is 0 Å². The number of hydrogen-bond donors (Lipinski definition) is 1. The molecule has 15 heavy (non-hydrogen) atoms. The Morgan fingerprint density at radius 1 is 1.53 bits per heavy atom. The number of nitrogens with one attached hydrogen (secondary N) is 1. The first kappa shape index (κ1) is 10.2. The molecular weight excluding hydrogens is 258 g/mol. The van der Waals surface area contributed by atoms with Gasteiger partial charge in [0.25, 0.3) is 5.82 Å². The molecule has 1 N–H and O–H groups in total. The van der Waals surface area contributed by atoms with Gasteiger partial charge in [0, 0.05) is 12.1 Å². The number of halogens is 1. The van der Waals surface area contributed by atoms with Crippen LogP contribution in [0.25, 0.3) is 0 Å². The van der Waals surface area contributed by atoms with E-state index < -0.39 is 0 Å². The number of hydrogen-bond acceptors (Lipinski definition) is 3. The van der Waals surface area contributed by atoms with Crippen molar-refractivity contribution in [2.75, 3.05) is 4.34 Å². The Morgan fingerprint density at radius 2 is 2.40 bits per heavy atom. The van der Waals surface area contributed by atoms with Crippen molar-refractivity contribution < 1.29 is 9.09 Å². The molecule has 0 bridgehead atoms. The summed E-state index contributed by atoms with van der Waals surface area (Å²) < 4.78 is 10.1. The highest BCUT2D eigenvalue weighted by Gasteiger charge is 2.09. The van der Waals surface area contributed by atoms with Gasteiger partial charge in [0.2, 0.25) is 0 Å². The van der Waals surface area contributed by atoms with E-state index in [0.29, 0.717) is 6.54 Å². The van der Waals surface area contributed by atoms with Crippen LogP contribution >= 0.6 is 16.1 Å². The van der Waals surface area contributed by atoms with Gasteiger partial charge in [-0.15, -0.1) is 0 Å². The van der Waals surface area contributed by atoms with E-state index in [0.717, 1.165) is 17.3 Å². The zero-order valence-corrected chi connectivity index (χ0v) is 9.86. The Hall–Kier alpha value is -1.36. The Kier molecular flexibility index (Phi) is 3.01. The second kappa shape index (κ2) is 4.44. The quantitative estimate of drug-likeness (QED) is 0.685. The lowest BCUT2D eigenvalue weighted by atomic mass is 10.3. The maximum absolute atomic E-state index is 5.15. The summed E-state index contributed by atoms with van der Waals surface area (Å²) in [6, 6.07) is 7.83. The molecule has 2 heterocycles. The summed E-state index contributed by atoms with van der Waals surface area (Å²) in [4.78, 5) is 0. The molecular formula is C10H11BrN3O+. The molecule has 0 aliphatic carbocycles. The largest absolute Gasteiger partial charge is 0.357 e. The first-order valence-electron chi connectivity index (χ1n) is 4.57. The minimum Gasteiger partial charge on any atom is -0.357 e. The topological polar surface area (TPSA) is 41.9 Å². The predicted molar refractivity (Wildman–Crippen MR) is 59.5 cm³/mol. The van der Waals surface area contributed by atoms with Gasteiger partial charge in [-0.25, -0.2) is 8.91 Å². The summed E-state index contributed by atoms with van der Waals surface area (Å²) in [5, 5.41) is 3.85. The molecule has 0 amide bonds. The van der Waals surface area contributed by atoms with Crippen molar-refractivity contribution in [3.05, 3.63) is 41.9 Å². The minimum absolute atomic E-state index is 0.662. The fourth-order valence-electron chi connectivity index (χ4n) is 1.36. The van der Waals surface area contributed by atoms with Gasteiger partial charge in [0.1, 0.15) is 0 Å². The molecule has 5 heteroatoms. The van der Waals surface area contributed by atoms with Crippen LogP contribution in [-0.2, 0) is 6.54 Å². The zero-order valence-electron chi connectivity index (χ0n) is 8.27. The van der Waals surface area contributed by atoms with Crippen LogP contribution in [0.4, 0.5) is 5.82 Å². The van der Waals surface area contributed by atoms with Gasteiger partial charge in [0.15, 0.2) is 28.5 Å². The first-order chi connectivity index (χ1) is 7.29. The molecule has 0 unspecified atom stereocenters. The third-order valence-electron chi connectivity index (χ3n) is 2.04. The van der Waals surface area contributed by atoms with Crippen LogP contribution in [0, 0.1) is 6.92 Å². The van der Waals surface area contributed by atoms with E-state index in [1.807, 2.05) is 42.0 Å². The van der Waals surface area contributed by atoms with Gasteiger partial charge >= 0.3 is 0 Å². The van der Waals surface area contributed by atoms with E-state index in [4.69, 9.17) is 4.52 Å². The van der Waals surface area contributed by atoms with Crippen LogP contribution in [0.3, 0.4) is 0 Å². The molecule has 78 valence electrons. The highest BCUT2D eigenvalue weighted by atomic mass is 79.9. The van der Waals surface area contributed by atoms with Crippen molar-refractivity contribution >= 4 is 22.0 Å². The second-order valence-electron chi connectivity index (χ2n) is 3.24. The second-order valence-corrected chi connectivity index (χ2v) is 3.64. The molecule has 0 aliphatic rings. The third kappa shape index (κ3) is 2.36. The maximum Gasteiger partial charge on any atom is 0.285 e. The number of rotatable bonds is 3. The van der Waals surface area contributed by atoms with E-state index in [1.165, 1.54) is 0 Å². The number of anilines is 1. The van der Waals surface area contributed by atoms with Crippen LogP contribution in [0.5, 0.6) is 0 Å². The summed E-state index contributed by atoms with van der Waals surface area (Å²) >= 11 is 3.21. The molecule has 0 spiro atoms. The highest BCUT2D eigenvalue weighted by Crippen LogP contribution is 2.05. The Balaban J connectivity index is 2.23. The van der Waals surface area contributed by atoms with Crippen LogP contribution < -0.4 is 8.91 Å². The van der Waals surface area contributed by atoms with E-state index in [2.05, 4.69) is 25.6 Å². The molecule has 0 aliphatic heterocycles. The molecule has 0 saturated carbocycles. The SMILES string of the molecule is Cc1cc(C[n+]2ccccc2NBr)on1. The van der Waals surface area contributed by atoms with E-state index in [9.17, 15) is 0 Å². The summed E-state index contributed by atoms with van der Waals surface area (Å²) in [5.41, 5.74) is 0.898. The average Bonchev–Trinajstić information content (AvgIpc) is 2.65. The lowest BCUT2D eigenvalue weighted by Gasteiger charge is -2.00. The van der Waals surface area contributed by atoms with Crippen molar-refractivity contribution in [3.8, 4) is 0 Å². The fourth-order valence-corrected chi connectivity index (χ4v) is 1.72. The van der Waals surface area contributed by atoms with Crippen molar-refractivity contribution in [2.45, 2.75) is 13.5 Å². The molecule has 0 aromatic carbocycles. The molecule has 0 radical (unpaired) electrons. The van der Waals surface area contributed by atoms with Gasteiger partial charge in [-0.2, -0.15) is 0 Å². The first-order valence-corrected chi connectivity index (χ1v) is 5.36. The van der Waals surface area contributed by atoms with Gasteiger partial charge in [-0.1, -0.05) is 11.2 Å².